The molecule has 7 aromatic carbocycles. The van der Waals surface area contributed by atoms with Gasteiger partial charge in [-0.05, 0) is 150 Å². The van der Waals surface area contributed by atoms with E-state index >= 15 is 0 Å². The van der Waals surface area contributed by atoms with E-state index in [1.54, 1.807) is 0 Å². The fourth-order valence-electron chi connectivity index (χ4n) is 10.0. The van der Waals surface area contributed by atoms with Gasteiger partial charge in [-0.2, -0.15) is 0 Å². The second-order valence-corrected chi connectivity index (χ2v) is 19.3. The number of hydrogen-bond donors (Lipinski definition) is 1. The molecule has 0 unspecified atom stereocenters. The molecular weight excluding hydrogens is 1020 g/mol. The van der Waals surface area contributed by atoms with Crippen molar-refractivity contribution in [2.45, 2.75) is 106 Å². The molecule has 0 aliphatic heterocycles. The van der Waals surface area contributed by atoms with E-state index in [4.69, 9.17) is 9.97 Å². The SMILES string of the molecule is [2H]C([2H])([2H])c1cc(-c2c(C(C)(CC)CC)cccc2C(C)(CC)CC)ccc1-n1c(-c2cc(C)cc(C)c2O)nc2c(-c3[c-]c(-c4cc(-c5ccc(C)cc5)ccn4)cc(-c4ccccc4)c3)cccc21.[Pt]. The van der Waals surface area contributed by atoms with Gasteiger partial charge in [-0.15, -0.1) is 23.8 Å². The van der Waals surface area contributed by atoms with Crippen molar-refractivity contribution in [2.75, 3.05) is 0 Å². The van der Waals surface area contributed by atoms with E-state index in [-0.39, 0.29) is 43.2 Å². The first kappa shape index (κ1) is 45.1. The standard InChI is InChI=1S/C64H64N3O.Pt/c1-11-63(9,12-2)54-23-19-24-55(64(10,13-3)14-4)59(54)48-30-31-57(43(7)36-48)67-58-25-18-22-52(60(58)66-62(67)53-35-42(6)34-44(8)61(53)68)50-37-49(45-20-16-15-17-21-45)38-51(39-50)56-40-47(32-33-65-56)46-28-26-41(5)27-29-46;/h15-38,40,68H,11-14H2,1-10H3;/q-1;/i7D3;. The second-order valence-electron chi connectivity index (χ2n) is 19.3. The first-order valence-electron chi connectivity index (χ1n) is 25.8. The van der Waals surface area contributed by atoms with Crippen molar-refractivity contribution in [1.29, 1.82) is 0 Å². The van der Waals surface area contributed by atoms with E-state index < -0.39 is 6.85 Å². The van der Waals surface area contributed by atoms with Gasteiger partial charge < -0.3 is 5.11 Å². The van der Waals surface area contributed by atoms with Crippen LogP contribution in [0.2, 0.25) is 0 Å². The van der Waals surface area contributed by atoms with Gasteiger partial charge in [0.1, 0.15) is 11.6 Å². The number of rotatable bonds is 13. The largest absolute Gasteiger partial charge is 0.507 e. The van der Waals surface area contributed by atoms with Crippen LogP contribution in [-0.4, -0.2) is 19.6 Å². The van der Waals surface area contributed by atoms with Crippen molar-refractivity contribution < 1.29 is 30.3 Å². The van der Waals surface area contributed by atoms with Crippen molar-refractivity contribution in [3.05, 3.63) is 191 Å². The Kier molecular flexibility index (Phi) is 13.0. The summed E-state index contributed by atoms with van der Waals surface area (Å²) in [7, 11) is 0. The average molecular weight is 1090 g/mol. The third-order valence-corrected chi connectivity index (χ3v) is 15.1. The Labute approximate surface area is 429 Å². The number of aryl methyl sites for hydroxylation is 4. The van der Waals surface area contributed by atoms with Crippen molar-refractivity contribution >= 4 is 11.0 Å². The van der Waals surface area contributed by atoms with Crippen LogP contribution < -0.4 is 0 Å². The van der Waals surface area contributed by atoms with Gasteiger partial charge in [0.2, 0.25) is 0 Å². The zero-order chi connectivity index (χ0) is 50.4. The van der Waals surface area contributed by atoms with E-state index in [9.17, 15) is 9.22 Å². The summed E-state index contributed by atoms with van der Waals surface area (Å²) in [5.41, 5.74) is 17.0. The molecule has 1 N–H and O–H groups in total. The molecule has 0 spiro atoms. The van der Waals surface area contributed by atoms with Gasteiger partial charge in [0.15, 0.2) is 0 Å². The van der Waals surface area contributed by atoms with Gasteiger partial charge in [-0.25, -0.2) is 4.98 Å². The van der Waals surface area contributed by atoms with Gasteiger partial charge in [0.05, 0.1) is 22.3 Å². The van der Waals surface area contributed by atoms with Gasteiger partial charge in [0, 0.05) is 37.1 Å². The fourth-order valence-corrected chi connectivity index (χ4v) is 10.0. The number of aromatic hydroxyl groups is 1. The molecular formula is C64H64N3OPt-. The number of pyridine rings is 1. The number of nitrogens with zero attached hydrogens (tertiary/aromatic N) is 3. The van der Waals surface area contributed by atoms with Gasteiger partial charge >= 0.3 is 0 Å². The average Bonchev–Trinajstić information content (AvgIpc) is 3.78. The summed E-state index contributed by atoms with van der Waals surface area (Å²) in [6.45, 7) is 17.1. The Hall–Kier alpha value is -6.35. The molecule has 9 rings (SSSR count). The molecule has 0 amide bonds. The molecule has 5 heteroatoms. The summed E-state index contributed by atoms with van der Waals surface area (Å²) >= 11 is 0. The quantitative estimate of drug-likeness (QED) is 0.117. The van der Waals surface area contributed by atoms with Crippen LogP contribution in [0, 0.1) is 33.7 Å². The molecule has 2 heterocycles. The van der Waals surface area contributed by atoms with E-state index in [2.05, 4.69) is 139 Å². The van der Waals surface area contributed by atoms with Crippen LogP contribution in [-0.2, 0) is 31.9 Å². The van der Waals surface area contributed by atoms with E-state index in [1.165, 1.54) is 16.7 Å². The van der Waals surface area contributed by atoms with Crippen LogP contribution in [0.3, 0.4) is 0 Å². The maximum Gasteiger partial charge on any atom is 0.148 e. The molecule has 0 radical (unpaired) electrons. The van der Waals surface area contributed by atoms with E-state index in [1.807, 2.05) is 85.3 Å². The summed E-state index contributed by atoms with van der Waals surface area (Å²) < 4.78 is 29.8. The summed E-state index contributed by atoms with van der Waals surface area (Å²) in [5.74, 6) is 0.535. The van der Waals surface area contributed by atoms with E-state index in [0.717, 1.165) is 87.0 Å². The van der Waals surface area contributed by atoms with Crippen LogP contribution in [0.4, 0.5) is 0 Å². The topological polar surface area (TPSA) is 50.9 Å². The predicted octanol–water partition coefficient (Wildman–Crippen LogP) is 17.3. The molecule has 0 saturated carbocycles. The predicted molar refractivity (Wildman–Crippen MR) is 287 cm³/mol. The molecule has 69 heavy (non-hydrogen) atoms. The van der Waals surface area contributed by atoms with Gasteiger partial charge in [-0.3, -0.25) is 9.55 Å². The third-order valence-electron chi connectivity index (χ3n) is 15.1. The Morgan fingerprint density at radius 1 is 0.580 bits per heavy atom. The van der Waals surface area contributed by atoms with Crippen LogP contribution in [0.1, 0.15) is 105 Å². The van der Waals surface area contributed by atoms with Gasteiger partial charge in [0.25, 0.3) is 0 Å². The Morgan fingerprint density at radius 3 is 1.88 bits per heavy atom. The minimum atomic E-state index is -2.53. The number of hydrogen-bond acceptors (Lipinski definition) is 3. The Morgan fingerprint density at radius 2 is 1.22 bits per heavy atom. The minimum absolute atomic E-state index is 0. The zero-order valence-electron chi connectivity index (χ0n) is 44.4. The van der Waals surface area contributed by atoms with Crippen molar-refractivity contribution in [1.82, 2.24) is 14.5 Å². The number of aromatic nitrogens is 3. The zero-order valence-corrected chi connectivity index (χ0v) is 43.6. The number of phenolic OH excluding ortho intramolecular Hbond substituents is 1. The molecule has 0 aliphatic rings. The van der Waals surface area contributed by atoms with Crippen LogP contribution in [0.5, 0.6) is 5.75 Å². The molecule has 2 aromatic heterocycles. The summed E-state index contributed by atoms with van der Waals surface area (Å²) in [4.78, 5) is 10.4. The van der Waals surface area contributed by atoms with Crippen molar-refractivity contribution in [2.24, 2.45) is 0 Å². The maximum atomic E-state index is 12.0. The number of para-hydroxylation sites is 1. The number of phenols is 1. The van der Waals surface area contributed by atoms with Crippen LogP contribution in [0.15, 0.2) is 152 Å². The monoisotopic (exact) mass is 1090 g/mol. The molecule has 0 bridgehead atoms. The normalized spacial score (nSPS) is 12.6. The summed E-state index contributed by atoms with van der Waals surface area (Å²) in [5, 5.41) is 12.0. The van der Waals surface area contributed by atoms with Crippen LogP contribution in [0.25, 0.3) is 83.9 Å². The third kappa shape index (κ3) is 9.17. The fraction of sp³-hybridized carbons (Fsp3) is 0.250. The first-order chi connectivity index (χ1) is 34.0. The molecule has 4 nitrogen and oxygen atoms in total. The number of benzene rings is 7. The number of fused-ring (bicyclic) bond motifs is 1. The number of imidazole rings is 1. The maximum absolute atomic E-state index is 12.0. The van der Waals surface area contributed by atoms with Gasteiger partial charge in [-0.1, -0.05) is 167 Å². The minimum Gasteiger partial charge on any atom is -0.507 e. The molecule has 0 saturated heterocycles. The Bertz CT molecular complexity index is 3380. The van der Waals surface area contributed by atoms with E-state index in [0.29, 0.717) is 33.7 Å². The molecule has 9 aromatic rings. The molecule has 0 fully saturated rings. The molecule has 352 valence electrons. The van der Waals surface area contributed by atoms with Crippen molar-refractivity contribution in [3.8, 4) is 78.6 Å². The Balaban J connectivity index is 0.00000693. The summed E-state index contributed by atoms with van der Waals surface area (Å²) in [6.07, 6.45) is 5.61. The second kappa shape index (κ2) is 19.9. The van der Waals surface area contributed by atoms with Crippen molar-refractivity contribution in [3.63, 3.8) is 0 Å². The smallest absolute Gasteiger partial charge is 0.148 e. The summed E-state index contributed by atoms with van der Waals surface area (Å²) in [6, 6.07) is 53.6. The van der Waals surface area contributed by atoms with Crippen LogP contribution >= 0.6 is 0 Å². The molecule has 0 atom stereocenters. The molecule has 0 aliphatic carbocycles. The first-order valence-corrected chi connectivity index (χ1v) is 24.3.